The van der Waals surface area contributed by atoms with Gasteiger partial charge >= 0.3 is 0 Å². The lowest BCUT2D eigenvalue weighted by Crippen LogP contribution is -2.02. The van der Waals surface area contributed by atoms with E-state index in [1.165, 1.54) is 0 Å². The molecule has 3 rings (SSSR count). The lowest BCUT2D eigenvalue weighted by Gasteiger charge is -1.95. The number of hydrogen-bond acceptors (Lipinski definition) is 2. The van der Waals surface area contributed by atoms with E-state index in [2.05, 4.69) is 0 Å². The van der Waals surface area contributed by atoms with E-state index in [4.69, 9.17) is 0 Å². The number of benzene rings is 1. The van der Waals surface area contributed by atoms with Gasteiger partial charge in [-0.15, -0.1) is 0 Å². The summed E-state index contributed by atoms with van der Waals surface area (Å²) in [6.07, 6.45) is 7.23. The maximum atomic E-state index is 12.0. The van der Waals surface area contributed by atoms with Crippen LogP contribution >= 0.6 is 0 Å². The molecule has 0 spiro atoms. The van der Waals surface area contributed by atoms with Crippen molar-refractivity contribution in [3.63, 3.8) is 0 Å². The topological polar surface area (TPSA) is 34.1 Å². The van der Waals surface area contributed by atoms with Gasteiger partial charge in [0.1, 0.15) is 0 Å². The zero-order chi connectivity index (χ0) is 11.1. The summed E-state index contributed by atoms with van der Waals surface area (Å²) < 4.78 is 0. The number of ketones is 2. The minimum Gasteiger partial charge on any atom is -0.288 e. The van der Waals surface area contributed by atoms with E-state index in [1.54, 1.807) is 36.4 Å². The molecule has 0 aromatic heterocycles. The van der Waals surface area contributed by atoms with Crippen LogP contribution in [0, 0.1) is 0 Å². The van der Waals surface area contributed by atoms with Crippen molar-refractivity contribution in [2.75, 3.05) is 0 Å². The lowest BCUT2D eigenvalue weighted by atomic mass is 10.1. The van der Waals surface area contributed by atoms with Crippen LogP contribution in [0.3, 0.4) is 0 Å². The average Bonchev–Trinajstić information content (AvgIpc) is 2.89. The van der Waals surface area contributed by atoms with Gasteiger partial charge in [0.15, 0.2) is 11.6 Å². The minimum absolute atomic E-state index is 0.160. The van der Waals surface area contributed by atoms with Crippen molar-refractivity contribution < 1.29 is 9.59 Å². The molecule has 2 heteroatoms. The second-order valence-electron chi connectivity index (χ2n) is 3.75. The molecule has 0 saturated carbocycles. The summed E-state index contributed by atoms with van der Waals surface area (Å²) >= 11 is 0. The largest absolute Gasteiger partial charge is 0.288 e. The molecule has 1 aromatic carbocycles. The summed E-state index contributed by atoms with van der Waals surface area (Å²) in [6.45, 7) is 0. The van der Waals surface area contributed by atoms with Crippen molar-refractivity contribution in [2.24, 2.45) is 0 Å². The molecule has 0 radical (unpaired) electrons. The van der Waals surface area contributed by atoms with Crippen LogP contribution in [0.4, 0.5) is 0 Å². The van der Waals surface area contributed by atoms with Gasteiger partial charge < -0.3 is 0 Å². The summed E-state index contributed by atoms with van der Waals surface area (Å²) in [5, 5.41) is 0. The second kappa shape index (κ2) is 3.14. The number of carbonyl (C=O) groups excluding carboxylic acids is 2. The third kappa shape index (κ3) is 1.07. The van der Waals surface area contributed by atoms with E-state index >= 15 is 0 Å². The Balaban J connectivity index is 2.27. The van der Waals surface area contributed by atoms with Gasteiger partial charge in [-0.25, -0.2) is 0 Å². The predicted octanol–water partition coefficient (Wildman–Crippen LogP) is 2.49. The van der Waals surface area contributed by atoms with E-state index in [1.807, 2.05) is 12.2 Å². The van der Waals surface area contributed by atoms with Crippen molar-refractivity contribution in [3.8, 4) is 0 Å². The zero-order valence-electron chi connectivity index (χ0n) is 8.44. The number of allylic oxidation sites excluding steroid dienone is 6. The first-order chi connectivity index (χ1) is 7.79. The number of fused-ring (bicyclic) bond motifs is 1. The van der Waals surface area contributed by atoms with Crippen molar-refractivity contribution in [1.29, 1.82) is 0 Å². The predicted molar refractivity (Wildman–Crippen MR) is 60.4 cm³/mol. The molecule has 0 amide bonds. The van der Waals surface area contributed by atoms with Crippen LogP contribution < -0.4 is 0 Å². The van der Waals surface area contributed by atoms with Gasteiger partial charge in [0.25, 0.3) is 0 Å². The Hall–Kier alpha value is -2.22. The Kier molecular flexibility index (Phi) is 1.77. The summed E-state index contributed by atoms with van der Waals surface area (Å²) in [4.78, 5) is 24.1. The Bertz CT molecular complexity index is 550. The lowest BCUT2D eigenvalue weighted by molar-refractivity contribution is 0.0988. The van der Waals surface area contributed by atoms with Crippen LogP contribution in [0.25, 0.3) is 0 Å². The maximum absolute atomic E-state index is 12.0. The third-order valence-electron chi connectivity index (χ3n) is 2.82. The smallest absolute Gasteiger partial charge is 0.198 e. The molecule has 0 saturated heterocycles. The second-order valence-corrected chi connectivity index (χ2v) is 3.75. The first-order valence-electron chi connectivity index (χ1n) is 5.06. The van der Waals surface area contributed by atoms with Gasteiger partial charge in [-0.1, -0.05) is 48.6 Å². The molecule has 0 N–H and O–H groups in total. The first-order valence-corrected chi connectivity index (χ1v) is 5.06. The highest BCUT2D eigenvalue weighted by Crippen LogP contribution is 2.30. The molecule has 0 fully saturated rings. The summed E-state index contributed by atoms with van der Waals surface area (Å²) in [5.41, 5.74) is 2.05. The van der Waals surface area contributed by atoms with Crippen LogP contribution in [-0.4, -0.2) is 11.6 Å². The van der Waals surface area contributed by atoms with Crippen LogP contribution in [0.2, 0.25) is 0 Å². The van der Waals surface area contributed by atoms with E-state index in [0.717, 1.165) is 0 Å². The van der Waals surface area contributed by atoms with Gasteiger partial charge in [-0.3, -0.25) is 9.59 Å². The normalized spacial score (nSPS) is 17.5. The van der Waals surface area contributed by atoms with E-state index in [0.29, 0.717) is 22.3 Å². The Morgan fingerprint density at radius 2 is 1.25 bits per heavy atom. The minimum atomic E-state index is -0.160. The number of rotatable bonds is 0. The fraction of sp³-hybridized carbons (Fsp3) is 0. The highest BCUT2D eigenvalue weighted by molar-refractivity contribution is 6.40. The van der Waals surface area contributed by atoms with Gasteiger partial charge in [-0.05, 0) is 5.57 Å². The SMILES string of the molecule is O=C1C(=C2C=CC=C2)C(=O)c2ccccc21. The molecule has 2 aliphatic carbocycles. The zero-order valence-corrected chi connectivity index (χ0v) is 8.44. The fourth-order valence-corrected chi connectivity index (χ4v) is 2.05. The highest BCUT2D eigenvalue weighted by atomic mass is 16.2. The molecule has 0 heterocycles. The molecule has 0 bridgehead atoms. The van der Waals surface area contributed by atoms with Crippen molar-refractivity contribution in [1.82, 2.24) is 0 Å². The van der Waals surface area contributed by atoms with Crippen LogP contribution in [0.1, 0.15) is 20.7 Å². The molecule has 76 valence electrons. The Labute approximate surface area is 92.6 Å². The van der Waals surface area contributed by atoms with Crippen LogP contribution in [0.5, 0.6) is 0 Å². The highest BCUT2D eigenvalue weighted by Gasteiger charge is 2.34. The van der Waals surface area contributed by atoms with Gasteiger partial charge in [-0.2, -0.15) is 0 Å². The fourth-order valence-electron chi connectivity index (χ4n) is 2.05. The monoisotopic (exact) mass is 208 g/mol. The van der Waals surface area contributed by atoms with Crippen molar-refractivity contribution in [3.05, 3.63) is 70.8 Å². The Morgan fingerprint density at radius 3 is 1.75 bits per heavy atom. The van der Waals surface area contributed by atoms with E-state index in [-0.39, 0.29) is 11.6 Å². The van der Waals surface area contributed by atoms with Crippen molar-refractivity contribution >= 4 is 11.6 Å². The molecule has 2 aliphatic rings. The molecule has 0 aliphatic heterocycles. The van der Waals surface area contributed by atoms with Crippen LogP contribution in [-0.2, 0) is 0 Å². The maximum Gasteiger partial charge on any atom is 0.198 e. The standard InChI is InChI=1S/C14H8O2/c15-13-10-7-3-4-8-11(10)14(16)12(13)9-5-1-2-6-9/h1-8H. The summed E-state index contributed by atoms with van der Waals surface area (Å²) in [7, 11) is 0. The molecule has 2 nitrogen and oxygen atoms in total. The van der Waals surface area contributed by atoms with Gasteiger partial charge in [0, 0.05) is 11.1 Å². The molecule has 1 aromatic rings. The van der Waals surface area contributed by atoms with E-state index in [9.17, 15) is 9.59 Å². The van der Waals surface area contributed by atoms with E-state index < -0.39 is 0 Å². The number of carbonyl (C=O) groups is 2. The van der Waals surface area contributed by atoms with Gasteiger partial charge in [0.05, 0.1) is 5.57 Å². The first kappa shape index (κ1) is 9.04. The van der Waals surface area contributed by atoms with Crippen molar-refractivity contribution in [2.45, 2.75) is 0 Å². The average molecular weight is 208 g/mol. The molecule has 0 unspecified atom stereocenters. The van der Waals surface area contributed by atoms with Gasteiger partial charge in [0.2, 0.25) is 0 Å². The summed E-state index contributed by atoms with van der Waals surface area (Å²) in [6, 6.07) is 6.95. The van der Waals surface area contributed by atoms with Crippen LogP contribution in [0.15, 0.2) is 59.7 Å². The molecule has 0 atom stereocenters. The summed E-state index contributed by atoms with van der Waals surface area (Å²) in [5.74, 6) is -0.321. The number of Topliss-reactive ketones (excluding diaryl/α,β-unsaturated/α-hetero) is 2. The molecular formula is C14H8O2. The molecule has 16 heavy (non-hydrogen) atoms. The Morgan fingerprint density at radius 1 is 0.750 bits per heavy atom. The quantitative estimate of drug-likeness (QED) is 0.485. The number of hydrogen-bond donors (Lipinski definition) is 0. The molecular weight excluding hydrogens is 200 g/mol. The third-order valence-corrected chi connectivity index (χ3v) is 2.82.